The van der Waals surface area contributed by atoms with Crippen LogP contribution in [-0.4, -0.2) is 57.9 Å². The molecule has 1 heterocycles. The number of likely N-dealkylation sites (N-methyl/N-ethyl adjacent to an activating group) is 1. The molecule has 2 unspecified atom stereocenters. The number of hydrogen-bond donors (Lipinski definition) is 0. The number of benzene rings is 1. The van der Waals surface area contributed by atoms with Gasteiger partial charge in [-0.15, -0.1) is 0 Å². The minimum atomic E-state index is -0.801. The highest BCUT2D eigenvalue weighted by atomic mass is 16.6. The first-order valence-electron chi connectivity index (χ1n) is 7.18. The van der Waals surface area contributed by atoms with E-state index < -0.39 is 12.1 Å². The van der Waals surface area contributed by atoms with Crippen molar-refractivity contribution < 1.29 is 28.5 Å². The first-order valence-corrected chi connectivity index (χ1v) is 7.18. The fourth-order valence-corrected chi connectivity index (χ4v) is 2.63. The lowest BCUT2D eigenvalue weighted by Gasteiger charge is -2.20. The molecule has 1 aliphatic rings. The number of nitrogens with zero attached hydrogens (tertiary/aromatic N) is 1. The van der Waals surface area contributed by atoms with E-state index in [2.05, 4.69) is 0 Å². The Hall–Kier alpha value is -2.28. The van der Waals surface area contributed by atoms with Crippen molar-refractivity contribution in [2.75, 3.05) is 35.0 Å². The fraction of sp³-hybridized carbons (Fsp3) is 0.500. The average Bonchev–Trinajstić information content (AvgIpc) is 2.83. The first kappa shape index (κ1) is 17.1. The summed E-state index contributed by atoms with van der Waals surface area (Å²) in [5, 5.41) is 0. The van der Waals surface area contributed by atoms with Crippen molar-refractivity contribution >= 4 is 11.9 Å². The van der Waals surface area contributed by atoms with E-state index in [1.807, 2.05) is 12.1 Å². The standard InChI is InChI=1S/C16H21NO6/c1-17-13(8-14(16(17)19)23-15(18)9-20-2)10-5-11(21-3)7-12(6-10)22-4/h5-7,13-14H,8-9H2,1-4H3. The van der Waals surface area contributed by atoms with E-state index >= 15 is 0 Å². The van der Waals surface area contributed by atoms with Gasteiger partial charge in [0, 0.05) is 26.6 Å². The molecule has 7 nitrogen and oxygen atoms in total. The zero-order chi connectivity index (χ0) is 17.0. The van der Waals surface area contributed by atoms with Crippen molar-refractivity contribution in [3.05, 3.63) is 23.8 Å². The number of carbonyl (C=O) groups is 2. The van der Waals surface area contributed by atoms with Crippen molar-refractivity contribution in [1.82, 2.24) is 4.90 Å². The van der Waals surface area contributed by atoms with Crippen LogP contribution in [0.25, 0.3) is 0 Å². The molecule has 0 radical (unpaired) electrons. The molecule has 0 aromatic heterocycles. The van der Waals surface area contributed by atoms with Crippen LogP contribution in [0.15, 0.2) is 18.2 Å². The monoisotopic (exact) mass is 323 g/mol. The summed E-state index contributed by atoms with van der Waals surface area (Å²) < 4.78 is 20.4. The second-order valence-corrected chi connectivity index (χ2v) is 5.26. The predicted molar refractivity (Wildman–Crippen MR) is 81.4 cm³/mol. The number of amides is 1. The summed E-state index contributed by atoms with van der Waals surface area (Å²) in [6, 6.07) is 5.23. The van der Waals surface area contributed by atoms with Crippen molar-refractivity contribution in [3.8, 4) is 11.5 Å². The first-order chi connectivity index (χ1) is 11.0. The molecule has 1 saturated heterocycles. The van der Waals surface area contributed by atoms with Gasteiger partial charge in [0.25, 0.3) is 5.91 Å². The highest BCUT2D eigenvalue weighted by molar-refractivity contribution is 5.86. The van der Waals surface area contributed by atoms with Gasteiger partial charge in [0.05, 0.1) is 20.3 Å². The predicted octanol–water partition coefficient (Wildman–Crippen LogP) is 1.17. The quantitative estimate of drug-likeness (QED) is 0.732. The van der Waals surface area contributed by atoms with Gasteiger partial charge in [0.2, 0.25) is 0 Å². The van der Waals surface area contributed by atoms with Gasteiger partial charge in [-0.25, -0.2) is 4.79 Å². The van der Waals surface area contributed by atoms with Crippen molar-refractivity contribution in [2.24, 2.45) is 0 Å². The maximum Gasteiger partial charge on any atom is 0.332 e. The smallest absolute Gasteiger partial charge is 0.332 e. The zero-order valence-electron chi connectivity index (χ0n) is 13.7. The average molecular weight is 323 g/mol. The van der Waals surface area contributed by atoms with Crippen molar-refractivity contribution in [3.63, 3.8) is 0 Å². The van der Waals surface area contributed by atoms with Crippen LogP contribution >= 0.6 is 0 Å². The molecular weight excluding hydrogens is 302 g/mol. The Morgan fingerprint density at radius 3 is 2.30 bits per heavy atom. The number of likely N-dealkylation sites (tertiary alicyclic amines) is 1. The maximum atomic E-state index is 12.3. The Morgan fingerprint density at radius 1 is 1.17 bits per heavy atom. The molecule has 7 heteroatoms. The lowest BCUT2D eigenvalue weighted by atomic mass is 10.0. The van der Waals surface area contributed by atoms with Crippen LogP contribution in [0.5, 0.6) is 11.5 Å². The Labute approximate surface area is 135 Å². The van der Waals surface area contributed by atoms with E-state index in [4.69, 9.17) is 18.9 Å². The molecule has 1 amide bonds. The van der Waals surface area contributed by atoms with Crippen LogP contribution in [0, 0.1) is 0 Å². The molecule has 0 spiro atoms. The minimum Gasteiger partial charge on any atom is -0.497 e. The number of carbonyl (C=O) groups excluding carboxylic acids is 2. The second-order valence-electron chi connectivity index (χ2n) is 5.26. The van der Waals surface area contributed by atoms with Crippen LogP contribution in [0.3, 0.4) is 0 Å². The summed E-state index contributed by atoms with van der Waals surface area (Å²) in [7, 11) is 6.22. The van der Waals surface area contributed by atoms with Gasteiger partial charge in [-0.3, -0.25) is 4.79 Å². The lowest BCUT2D eigenvalue weighted by molar-refractivity contribution is -0.159. The molecule has 23 heavy (non-hydrogen) atoms. The molecule has 0 saturated carbocycles. The summed E-state index contributed by atoms with van der Waals surface area (Å²) in [6.45, 7) is -0.175. The fourth-order valence-electron chi connectivity index (χ4n) is 2.63. The Kier molecular flexibility index (Phi) is 5.44. The topological polar surface area (TPSA) is 74.3 Å². The van der Waals surface area contributed by atoms with Crippen molar-refractivity contribution in [1.29, 1.82) is 0 Å². The van der Waals surface area contributed by atoms with Gasteiger partial charge in [-0.05, 0) is 17.7 Å². The number of methoxy groups -OCH3 is 3. The summed E-state index contributed by atoms with van der Waals surface area (Å²) in [5.74, 6) is 0.490. The van der Waals surface area contributed by atoms with Gasteiger partial charge in [0.1, 0.15) is 18.1 Å². The van der Waals surface area contributed by atoms with Crippen LogP contribution in [0.4, 0.5) is 0 Å². The molecule has 1 aliphatic heterocycles. The van der Waals surface area contributed by atoms with Crippen LogP contribution in [0.2, 0.25) is 0 Å². The molecule has 126 valence electrons. The van der Waals surface area contributed by atoms with Gasteiger partial charge in [0.15, 0.2) is 6.10 Å². The third-order valence-corrected chi connectivity index (χ3v) is 3.82. The molecule has 2 rings (SSSR count). The van der Waals surface area contributed by atoms with Gasteiger partial charge < -0.3 is 23.8 Å². The number of ether oxygens (including phenoxy) is 4. The van der Waals surface area contributed by atoms with E-state index in [0.717, 1.165) is 5.56 Å². The van der Waals surface area contributed by atoms with E-state index in [0.29, 0.717) is 17.9 Å². The molecule has 1 aromatic rings. The normalized spacial score (nSPS) is 20.5. The molecule has 2 atom stereocenters. The van der Waals surface area contributed by atoms with E-state index in [1.54, 1.807) is 32.2 Å². The molecule has 0 bridgehead atoms. The van der Waals surface area contributed by atoms with Gasteiger partial charge in [-0.1, -0.05) is 0 Å². The Bertz CT molecular complexity index is 566. The lowest BCUT2D eigenvalue weighted by Crippen LogP contribution is -2.30. The largest absolute Gasteiger partial charge is 0.497 e. The van der Waals surface area contributed by atoms with Crippen LogP contribution < -0.4 is 9.47 Å². The molecule has 1 fully saturated rings. The summed E-state index contributed by atoms with van der Waals surface area (Å²) in [6.07, 6.45) is -0.425. The molecular formula is C16H21NO6. The summed E-state index contributed by atoms with van der Waals surface area (Å²) in [4.78, 5) is 25.4. The Balaban J connectivity index is 2.20. The van der Waals surface area contributed by atoms with Crippen molar-refractivity contribution in [2.45, 2.75) is 18.6 Å². The van der Waals surface area contributed by atoms with Crippen LogP contribution in [0.1, 0.15) is 18.0 Å². The Morgan fingerprint density at radius 2 is 1.78 bits per heavy atom. The number of esters is 1. The maximum absolute atomic E-state index is 12.3. The third kappa shape index (κ3) is 3.73. The van der Waals surface area contributed by atoms with Gasteiger partial charge >= 0.3 is 5.97 Å². The van der Waals surface area contributed by atoms with E-state index in [9.17, 15) is 9.59 Å². The minimum absolute atomic E-state index is 0.175. The van der Waals surface area contributed by atoms with Crippen LogP contribution in [-0.2, 0) is 19.1 Å². The van der Waals surface area contributed by atoms with E-state index in [1.165, 1.54) is 7.11 Å². The molecule has 0 N–H and O–H groups in total. The molecule has 1 aromatic carbocycles. The van der Waals surface area contributed by atoms with E-state index in [-0.39, 0.29) is 18.6 Å². The zero-order valence-corrected chi connectivity index (χ0v) is 13.7. The SMILES string of the molecule is COCC(=O)OC1CC(c2cc(OC)cc(OC)c2)N(C)C1=O. The molecule has 0 aliphatic carbocycles. The third-order valence-electron chi connectivity index (χ3n) is 3.82. The highest BCUT2D eigenvalue weighted by Gasteiger charge is 2.40. The number of rotatable bonds is 6. The second kappa shape index (κ2) is 7.32. The van der Waals surface area contributed by atoms with Gasteiger partial charge in [-0.2, -0.15) is 0 Å². The highest BCUT2D eigenvalue weighted by Crippen LogP contribution is 2.36. The summed E-state index contributed by atoms with van der Waals surface area (Å²) in [5.41, 5.74) is 0.863. The number of hydrogen-bond acceptors (Lipinski definition) is 6. The summed E-state index contributed by atoms with van der Waals surface area (Å²) >= 11 is 0.